The van der Waals surface area contributed by atoms with Crippen LogP contribution in [0.15, 0.2) is 35.1 Å². The molecule has 0 aliphatic carbocycles. The highest BCUT2D eigenvalue weighted by Crippen LogP contribution is 2.32. The Morgan fingerprint density at radius 1 is 1.13 bits per heavy atom. The maximum Gasteiger partial charge on any atom is 0.223 e. The maximum absolute atomic E-state index is 5.40. The molecule has 3 aromatic heterocycles. The van der Waals surface area contributed by atoms with E-state index < -0.39 is 0 Å². The molecule has 6 nitrogen and oxygen atoms in total. The van der Waals surface area contributed by atoms with Crippen molar-refractivity contribution in [3.8, 4) is 22.6 Å². The predicted molar refractivity (Wildman–Crippen MR) is 89.0 cm³/mol. The third kappa shape index (κ3) is 3.21. The zero-order chi connectivity index (χ0) is 16.4. The summed E-state index contributed by atoms with van der Waals surface area (Å²) in [6.07, 6.45) is 3.53. The molecule has 3 rings (SSSR count). The van der Waals surface area contributed by atoms with Crippen LogP contribution in [0, 0.1) is 13.8 Å². The molecular weight excluding hydrogens is 290 g/mol. The van der Waals surface area contributed by atoms with Crippen LogP contribution in [-0.2, 0) is 0 Å². The van der Waals surface area contributed by atoms with Crippen molar-refractivity contribution in [2.75, 3.05) is 5.32 Å². The van der Waals surface area contributed by atoms with E-state index in [0.717, 1.165) is 28.2 Å². The van der Waals surface area contributed by atoms with Gasteiger partial charge in [-0.15, -0.1) is 0 Å². The van der Waals surface area contributed by atoms with Gasteiger partial charge in [0.15, 0.2) is 5.76 Å². The molecule has 0 saturated carbocycles. The molecule has 0 fully saturated rings. The zero-order valence-electron chi connectivity index (χ0n) is 13.7. The maximum atomic E-state index is 5.40. The fourth-order valence-electron chi connectivity index (χ4n) is 2.32. The van der Waals surface area contributed by atoms with Crippen LogP contribution in [0.1, 0.15) is 25.2 Å². The predicted octanol–water partition coefficient (Wildman–Crippen LogP) is 3.63. The van der Waals surface area contributed by atoms with Gasteiger partial charge in [-0.05, 0) is 39.8 Å². The molecule has 0 saturated heterocycles. The number of hydrogen-bond donors (Lipinski definition) is 1. The van der Waals surface area contributed by atoms with Crippen LogP contribution in [0.3, 0.4) is 0 Å². The number of nitrogens with zero attached hydrogens (tertiary/aromatic N) is 4. The molecule has 0 amide bonds. The Labute approximate surface area is 135 Å². The van der Waals surface area contributed by atoms with Gasteiger partial charge in [0.25, 0.3) is 0 Å². The highest BCUT2D eigenvalue weighted by atomic mass is 16.5. The van der Waals surface area contributed by atoms with Crippen LogP contribution >= 0.6 is 0 Å². The molecule has 0 spiro atoms. The minimum absolute atomic E-state index is 0.246. The van der Waals surface area contributed by atoms with E-state index in [0.29, 0.717) is 11.7 Å². The average molecular weight is 309 g/mol. The van der Waals surface area contributed by atoms with Crippen LogP contribution in [0.4, 0.5) is 5.95 Å². The van der Waals surface area contributed by atoms with Gasteiger partial charge in [-0.25, -0.2) is 9.97 Å². The molecule has 0 radical (unpaired) electrons. The van der Waals surface area contributed by atoms with Crippen LogP contribution in [0.25, 0.3) is 22.6 Å². The molecule has 23 heavy (non-hydrogen) atoms. The van der Waals surface area contributed by atoms with Crippen LogP contribution in [0.2, 0.25) is 0 Å². The van der Waals surface area contributed by atoms with Gasteiger partial charge in [-0.2, -0.15) is 0 Å². The molecule has 1 N–H and O–H groups in total. The van der Waals surface area contributed by atoms with Crippen molar-refractivity contribution in [3.63, 3.8) is 0 Å². The van der Waals surface area contributed by atoms with Crippen molar-refractivity contribution < 1.29 is 4.52 Å². The van der Waals surface area contributed by atoms with Gasteiger partial charge in [0.1, 0.15) is 0 Å². The molecule has 3 heterocycles. The molecule has 0 bridgehead atoms. The second-order valence-electron chi connectivity index (χ2n) is 5.72. The van der Waals surface area contributed by atoms with Crippen molar-refractivity contribution in [2.24, 2.45) is 0 Å². The lowest BCUT2D eigenvalue weighted by atomic mass is 10.0. The Morgan fingerprint density at radius 3 is 2.61 bits per heavy atom. The summed E-state index contributed by atoms with van der Waals surface area (Å²) in [7, 11) is 0. The van der Waals surface area contributed by atoms with E-state index in [9.17, 15) is 0 Å². The zero-order valence-corrected chi connectivity index (χ0v) is 13.7. The number of anilines is 1. The van der Waals surface area contributed by atoms with Gasteiger partial charge >= 0.3 is 0 Å². The first kappa shape index (κ1) is 15.1. The van der Waals surface area contributed by atoms with Crippen molar-refractivity contribution in [1.82, 2.24) is 20.1 Å². The Balaban J connectivity index is 2.18. The minimum atomic E-state index is 0.246. The summed E-state index contributed by atoms with van der Waals surface area (Å²) in [6.45, 7) is 7.94. The molecule has 0 unspecified atom stereocenters. The van der Waals surface area contributed by atoms with Gasteiger partial charge in [0, 0.05) is 35.8 Å². The van der Waals surface area contributed by atoms with Crippen molar-refractivity contribution in [3.05, 3.63) is 42.0 Å². The third-order valence-corrected chi connectivity index (χ3v) is 3.36. The number of aromatic nitrogens is 4. The van der Waals surface area contributed by atoms with E-state index in [4.69, 9.17) is 4.52 Å². The normalized spacial score (nSPS) is 11.0. The molecular formula is C17H19N5O. The lowest BCUT2D eigenvalue weighted by molar-refractivity contribution is 0.427. The van der Waals surface area contributed by atoms with Gasteiger partial charge in [0.05, 0.1) is 17.0 Å². The topological polar surface area (TPSA) is 76.7 Å². The summed E-state index contributed by atoms with van der Waals surface area (Å²) in [4.78, 5) is 13.4. The lowest BCUT2D eigenvalue weighted by Crippen LogP contribution is -2.13. The Bertz CT molecular complexity index is 825. The number of nitrogens with one attached hydrogen (secondary N) is 1. The smallest absolute Gasteiger partial charge is 0.223 e. The summed E-state index contributed by atoms with van der Waals surface area (Å²) in [5, 5.41) is 7.19. The van der Waals surface area contributed by atoms with Crippen LogP contribution in [0.5, 0.6) is 0 Å². The van der Waals surface area contributed by atoms with Crippen molar-refractivity contribution >= 4 is 5.95 Å². The van der Waals surface area contributed by atoms with E-state index in [1.54, 1.807) is 12.4 Å². The minimum Gasteiger partial charge on any atom is -0.356 e. The average Bonchev–Trinajstić information content (AvgIpc) is 2.93. The quantitative estimate of drug-likeness (QED) is 0.793. The Kier molecular flexibility index (Phi) is 4.06. The highest BCUT2D eigenvalue weighted by molar-refractivity contribution is 5.79. The molecule has 0 aromatic carbocycles. The molecule has 6 heteroatoms. The first-order valence-electron chi connectivity index (χ1n) is 7.54. The first-order chi connectivity index (χ1) is 11.0. The second-order valence-corrected chi connectivity index (χ2v) is 5.72. The number of hydrogen-bond acceptors (Lipinski definition) is 6. The van der Waals surface area contributed by atoms with Crippen LogP contribution < -0.4 is 5.32 Å². The summed E-state index contributed by atoms with van der Waals surface area (Å²) in [5.41, 5.74) is 4.25. The lowest BCUT2D eigenvalue weighted by Gasteiger charge is -2.12. The standard InChI is InChI=1S/C17H19N5O/c1-10(2)20-17-19-9-14(15-8-11(3)22-23-15)16(21-17)13-6-5-7-18-12(13)4/h5-10H,1-4H3,(H,19,20,21). The number of pyridine rings is 1. The van der Waals surface area contributed by atoms with E-state index in [1.165, 1.54) is 0 Å². The van der Waals surface area contributed by atoms with E-state index in [1.807, 2.05) is 45.9 Å². The SMILES string of the molecule is Cc1cc(-c2cnc(NC(C)C)nc2-c2cccnc2C)on1. The Morgan fingerprint density at radius 2 is 1.96 bits per heavy atom. The molecule has 0 aliphatic rings. The first-order valence-corrected chi connectivity index (χ1v) is 7.54. The second kappa shape index (κ2) is 6.16. The summed E-state index contributed by atoms with van der Waals surface area (Å²) < 4.78 is 5.40. The molecule has 0 atom stereocenters. The van der Waals surface area contributed by atoms with Crippen molar-refractivity contribution in [1.29, 1.82) is 0 Å². The monoisotopic (exact) mass is 309 g/mol. The van der Waals surface area contributed by atoms with Gasteiger partial charge in [-0.1, -0.05) is 5.16 Å². The summed E-state index contributed by atoms with van der Waals surface area (Å²) >= 11 is 0. The number of rotatable bonds is 4. The van der Waals surface area contributed by atoms with E-state index in [-0.39, 0.29) is 6.04 Å². The largest absolute Gasteiger partial charge is 0.356 e. The van der Waals surface area contributed by atoms with Gasteiger partial charge in [0.2, 0.25) is 5.95 Å². The van der Waals surface area contributed by atoms with Crippen molar-refractivity contribution in [2.45, 2.75) is 33.7 Å². The molecule has 3 aromatic rings. The third-order valence-electron chi connectivity index (χ3n) is 3.36. The summed E-state index contributed by atoms with van der Waals surface area (Å²) in [6, 6.07) is 6.02. The molecule has 118 valence electrons. The van der Waals surface area contributed by atoms with Gasteiger partial charge < -0.3 is 9.84 Å². The van der Waals surface area contributed by atoms with E-state index in [2.05, 4.69) is 25.4 Å². The Hall–Kier alpha value is -2.76. The number of aryl methyl sites for hydroxylation is 2. The summed E-state index contributed by atoms with van der Waals surface area (Å²) in [5.74, 6) is 1.23. The fourth-order valence-corrected chi connectivity index (χ4v) is 2.32. The van der Waals surface area contributed by atoms with Crippen LogP contribution in [-0.4, -0.2) is 26.2 Å². The van der Waals surface area contributed by atoms with E-state index >= 15 is 0 Å². The fraction of sp³-hybridized carbons (Fsp3) is 0.294. The van der Waals surface area contributed by atoms with Gasteiger partial charge in [-0.3, -0.25) is 4.98 Å². The molecule has 0 aliphatic heterocycles. The highest BCUT2D eigenvalue weighted by Gasteiger charge is 2.17.